The highest BCUT2D eigenvalue weighted by Gasteiger charge is 2.35. The molecule has 134 valence electrons. The number of hydrogen-bond donors (Lipinski definition) is 1. The van der Waals surface area contributed by atoms with Gasteiger partial charge in [0.25, 0.3) is 0 Å². The largest absolute Gasteiger partial charge is 0.474 e. The maximum Gasteiger partial charge on any atom is 0.248 e. The number of alkyl halides is 2. The number of aromatic nitrogens is 3. The van der Waals surface area contributed by atoms with E-state index in [9.17, 15) is 8.78 Å². The van der Waals surface area contributed by atoms with Crippen LogP contribution in [0.25, 0.3) is 10.8 Å². The van der Waals surface area contributed by atoms with Crippen LogP contribution in [0.5, 0.6) is 5.88 Å². The molecule has 1 N–H and O–H groups in total. The second kappa shape index (κ2) is 6.48. The van der Waals surface area contributed by atoms with Crippen LogP contribution in [0.15, 0.2) is 11.4 Å². The summed E-state index contributed by atoms with van der Waals surface area (Å²) in [5.74, 6) is -0.888. The minimum atomic E-state index is -2.53. The van der Waals surface area contributed by atoms with Crippen LogP contribution >= 0.6 is 11.3 Å². The molecule has 0 unspecified atom stereocenters. The third kappa shape index (κ3) is 4.23. The Morgan fingerprint density at radius 1 is 1.16 bits per heavy atom. The van der Waals surface area contributed by atoms with E-state index in [0.29, 0.717) is 30.4 Å². The lowest BCUT2D eigenvalue weighted by molar-refractivity contribution is -0.0361. The summed E-state index contributed by atoms with van der Waals surface area (Å²) in [5, 5.41) is 5.96. The minimum Gasteiger partial charge on any atom is -0.474 e. The summed E-state index contributed by atoms with van der Waals surface area (Å²) in [6.07, 6.45) is 3.00. The average Bonchev–Trinajstić information content (AvgIpc) is 3.27. The first-order chi connectivity index (χ1) is 12.0. The predicted molar refractivity (Wildman–Crippen MR) is 92.4 cm³/mol. The fraction of sp³-hybridized carbons (Fsp3) is 0.588. The predicted octanol–water partition coefficient (Wildman–Crippen LogP) is 4.44. The van der Waals surface area contributed by atoms with Crippen LogP contribution in [0.2, 0.25) is 0 Å². The lowest BCUT2D eigenvalue weighted by Gasteiger charge is -2.29. The van der Waals surface area contributed by atoms with Crippen molar-refractivity contribution in [2.45, 2.75) is 63.5 Å². The summed E-state index contributed by atoms with van der Waals surface area (Å²) in [4.78, 5) is 13.4. The monoisotopic (exact) mass is 366 g/mol. The summed E-state index contributed by atoms with van der Waals surface area (Å²) >= 11 is 1.48. The Morgan fingerprint density at radius 2 is 1.92 bits per heavy atom. The highest BCUT2D eigenvalue weighted by atomic mass is 32.1. The van der Waals surface area contributed by atoms with Gasteiger partial charge in [-0.05, 0) is 32.6 Å². The van der Waals surface area contributed by atoms with Gasteiger partial charge < -0.3 is 10.1 Å². The van der Waals surface area contributed by atoms with Gasteiger partial charge >= 0.3 is 0 Å². The molecule has 0 saturated heterocycles. The van der Waals surface area contributed by atoms with Crippen LogP contribution < -0.4 is 10.1 Å². The summed E-state index contributed by atoms with van der Waals surface area (Å²) in [7, 11) is 0. The van der Waals surface area contributed by atoms with Gasteiger partial charge in [-0.15, -0.1) is 11.3 Å². The fourth-order valence-corrected chi connectivity index (χ4v) is 3.59. The van der Waals surface area contributed by atoms with Crippen molar-refractivity contribution in [1.29, 1.82) is 0 Å². The summed E-state index contributed by atoms with van der Waals surface area (Å²) in [5.41, 5.74) is 0.918. The molecule has 0 spiro atoms. The molecule has 2 heterocycles. The molecule has 2 fully saturated rings. The normalized spacial score (nSPS) is 20.4. The molecule has 2 aliphatic rings. The highest BCUT2D eigenvalue weighted by Crippen LogP contribution is 2.35. The quantitative estimate of drug-likeness (QED) is 0.848. The highest BCUT2D eigenvalue weighted by molar-refractivity contribution is 7.13. The molecule has 2 saturated carbocycles. The average molecular weight is 366 g/mol. The lowest BCUT2D eigenvalue weighted by Crippen LogP contribution is -2.32. The van der Waals surface area contributed by atoms with E-state index in [-0.39, 0.29) is 25.0 Å². The molecule has 0 atom stereocenters. The Hall–Kier alpha value is -1.83. The topological polar surface area (TPSA) is 59.9 Å². The smallest absolute Gasteiger partial charge is 0.248 e. The summed E-state index contributed by atoms with van der Waals surface area (Å²) in [6, 6.07) is 1.75. The fourth-order valence-electron chi connectivity index (χ4n) is 2.86. The molecule has 25 heavy (non-hydrogen) atoms. The van der Waals surface area contributed by atoms with Gasteiger partial charge in [0.1, 0.15) is 11.9 Å². The minimum absolute atomic E-state index is 0.00539. The summed E-state index contributed by atoms with van der Waals surface area (Å²) < 4.78 is 32.5. The van der Waals surface area contributed by atoms with Crippen LogP contribution in [0.1, 0.15) is 44.2 Å². The molecule has 0 aromatic carbocycles. The number of rotatable bonds is 5. The molecule has 0 radical (unpaired) electrons. The van der Waals surface area contributed by atoms with E-state index >= 15 is 0 Å². The molecule has 5 nitrogen and oxygen atoms in total. The maximum atomic E-state index is 13.3. The second-order valence-electron chi connectivity index (χ2n) is 6.80. The van der Waals surface area contributed by atoms with E-state index in [1.165, 1.54) is 11.3 Å². The first-order valence-electron chi connectivity index (χ1n) is 8.59. The van der Waals surface area contributed by atoms with Gasteiger partial charge in [-0.25, -0.2) is 18.7 Å². The molecule has 4 rings (SSSR count). The zero-order valence-corrected chi connectivity index (χ0v) is 14.8. The van der Waals surface area contributed by atoms with Crippen molar-refractivity contribution >= 4 is 17.2 Å². The van der Waals surface area contributed by atoms with Crippen molar-refractivity contribution in [3.63, 3.8) is 0 Å². The molecule has 2 aromatic heterocycles. The van der Waals surface area contributed by atoms with E-state index < -0.39 is 5.92 Å². The Bertz CT molecular complexity index is 753. The van der Waals surface area contributed by atoms with Gasteiger partial charge in [-0.2, -0.15) is 4.98 Å². The number of nitrogens with zero attached hydrogens (tertiary/aromatic N) is 3. The zero-order chi connectivity index (χ0) is 17.4. The Morgan fingerprint density at radius 3 is 2.56 bits per heavy atom. The lowest BCUT2D eigenvalue weighted by atomic mass is 9.92. The van der Waals surface area contributed by atoms with Crippen molar-refractivity contribution in [3.8, 4) is 16.7 Å². The number of thiazole rings is 1. The van der Waals surface area contributed by atoms with Crippen LogP contribution in [-0.4, -0.2) is 33.0 Å². The number of aryl methyl sites for hydroxylation is 1. The van der Waals surface area contributed by atoms with E-state index in [0.717, 1.165) is 23.5 Å². The van der Waals surface area contributed by atoms with Crippen LogP contribution in [0.3, 0.4) is 0 Å². The Labute approximate surface area is 148 Å². The SMILES string of the molecule is Cc1csc(-c2nc(NC3CCC(F)(F)CC3)cc(OC3CC3)n2)n1. The van der Waals surface area contributed by atoms with Gasteiger partial charge in [0, 0.05) is 36.0 Å². The number of nitrogens with one attached hydrogen (secondary N) is 1. The van der Waals surface area contributed by atoms with E-state index in [4.69, 9.17) is 4.74 Å². The number of halogens is 2. The molecule has 0 bridgehead atoms. The first kappa shape index (κ1) is 16.6. The third-order valence-corrected chi connectivity index (χ3v) is 5.35. The molecular weight excluding hydrogens is 346 g/mol. The van der Waals surface area contributed by atoms with E-state index in [2.05, 4.69) is 20.3 Å². The Kier molecular flexibility index (Phi) is 4.31. The van der Waals surface area contributed by atoms with Crippen LogP contribution in [0.4, 0.5) is 14.6 Å². The third-order valence-electron chi connectivity index (χ3n) is 4.39. The van der Waals surface area contributed by atoms with Gasteiger partial charge in [0.15, 0.2) is 10.8 Å². The van der Waals surface area contributed by atoms with Gasteiger partial charge in [0.2, 0.25) is 11.8 Å². The van der Waals surface area contributed by atoms with E-state index in [1.807, 2.05) is 12.3 Å². The van der Waals surface area contributed by atoms with Crippen molar-refractivity contribution in [2.75, 3.05) is 5.32 Å². The molecule has 8 heteroatoms. The second-order valence-corrected chi connectivity index (χ2v) is 7.66. The van der Waals surface area contributed by atoms with Gasteiger partial charge in [-0.3, -0.25) is 0 Å². The van der Waals surface area contributed by atoms with Crippen LogP contribution in [-0.2, 0) is 0 Å². The van der Waals surface area contributed by atoms with Crippen molar-refractivity contribution in [3.05, 3.63) is 17.1 Å². The number of ether oxygens (including phenoxy) is 1. The summed E-state index contributed by atoms with van der Waals surface area (Å²) in [6.45, 7) is 1.92. The number of hydrogen-bond acceptors (Lipinski definition) is 6. The van der Waals surface area contributed by atoms with Crippen LogP contribution in [0, 0.1) is 6.92 Å². The maximum absolute atomic E-state index is 13.3. The molecule has 0 aliphatic heterocycles. The van der Waals surface area contributed by atoms with Gasteiger partial charge in [-0.1, -0.05) is 0 Å². The first-order valence-corrected chi connectivity index (χ1v) is 9.47. The van der Waals surface area contributed by atoms with Crippen molar-refractivity contribution in [1.82, 2.24) is 15.0 Å². The zero-order valence-electron chi connectivity index (χ0n) is 14.0. The molecule has 2 aliphatic carbocycles. The van der Waals surface area contributed by atoms with Gasteiger partial charge in [0.05, 0.1) is 0 Å². The number of anilines is 1. The standard InChI is InChI=1S/C17H20F2N4OS/c1-10-9-25-16(20-10)15-22-13(8-14(23-15)24-12-2-3-12)21-11-4-6-17(18,19)7-5-11/h8-9,11-12H,2-7H2,1H3,(H,21,22,23). The van der Waals surface area contributed by atoms with Crippen molar-refractivity contribution in [2.24, 2.45) is 0 Å². The molecular formula is C17H20F2N4OS. The molecule has 2 aromatic rings. The van der Waals surface area contributed by atoms with Crippen molar-refractivity contribution < 1.29 is 13.5 Å². The van der Waals surface area contributed by atoms with E-state index in [1.54, 1.807) is 6.07 Å². The molecule has 0 amide bonds. The Balaban J connectivity index is 1.55.